The van der Waals surface area contributed by atoms with E-state index in [2.05, 4.69) is 10.6 Å². The second kappa shape index (κ2) is 7.19. The molecule has 1 fully saturated rings. The Kier molecular flexibility index (Phi) is 4.71. The number of hydrogen-bond acceptors (Lipinski definition) is 4. The van der Waals surface area contributed by atoms with E-state index in [-0.39, 0.29) is 18.2 Å². The van der Waals surface area contributed by atoms with Gasteiger partial charge >= 0.3 is 0 Å². The second-order valence-electron chi connectivity index (χ2n) is 7.42. The molecule has 1 saturated carbocycles. The van der Waals surface area contributed by atoms with Gasteiger partial charge in [-0.3, -0.25) is 9.59 Å². The lowest BCUT2D eigenvalue weighted by atomic mass is 9.80. The van der Waals surface area contributed by atoms with Crippen molar-refractivity contribution >= 4 is 23.2 Å². The molecule has 1 aliphatic carbocycles. The molecule has 0 bridgehead atoms. The molecule has 146 valence electrons. The molecule has 6 heteroatoms. The maximum absolute atomic E-state index is 12.5. The van der Waals surface area contributed by atoms with Crippen molar-refractivity contribution in [3.8, 4) is 11.5 Å². The quantitative estimate of drug-likeness (QED) is 0.830. The molecule has 0 unspecified atom stereocenters. The Morgan fingerprint density at radius 3 is 2.54 bits per heavy atom. The molecule has 0 atom stereocenters. The first-order valence-electron chi connectivity index (χ1n) is 9.52. The van der Waals surface area contributed by atoms with Crippen LogP contribution in [0.4, 0.5) is 11.4 Å². The average Bonchev–Trinajstić information content (AvgIpc) is 3.29. The number of carbonyl (C=O) groups is 2. The maximum atomic E-state index is 12.5. The lowest BCUT2D eigenvalue weighted by Gasteiger charge is -2.21. The van der Waals surface area contributed by atoms with Crippen LogP contribution in [0.2, 0.25) is 0 Å². The molecular formula is C22H24N2O4. The first-order valence-corrected chi connectivity index (χ1v) is 9.52. The molecule has 2 N–H and O–H groups in total. The van der Waals surface area contributed by atoms with E-state index in [0.29, 0.717) is 17.2 Å². The van der Waals surface area contributed by atoms with Crippen LogP contribution in [0.1, 0.15) is 36.8 Å². The predicted octanol–water partition coefficient (Wildman–Crippen LogP) is 3.65. The van der Waals surface area contributed by atoms with Gasteiger partial charge in [-0.25, -0.2) is 0 Å². The third-order valence-corrected chi connectivity index (χ3v) is 5.77. The van der Waals surface area contributed by atoms with E-state index in [4.69, 9.17) is 9.47 Å². The Bertz CT molecular complexity index is 932. The molecular weight excluding hydrogens is 356 g/mol. The van der Waals surface area contributed by atoms with Crippen molar-refractivity contribution < 1.29 is 19.1 Å². The fourth-order valence-electron chi connectivity index (χ4n) is 4.35. The second-order valence-corrected chi connectivity index (χ2v) is 7.42. The van der Waals surface area contributed by atoms with Gasteiger partial charge in [0.15, 0.2) is 11.5 Å². The smallest absolute Gasteiger partial charge is 0.235 e. The molecule has 2 aliphatic rings. The Morgan fingerprint density at radius 2 is 1.82 bits per heavy atom. The first-order chi connectivity index (χ1) is 13.6. The minimum absolute atomic E-state index is 0.0915. The van der Waals surface area contributed by atoms with Crippen molar-refractivity contribution in [1.82, 2.24) is 0 Å². The van der Waals surface area contributed by atoms with Crippen molar-refractivity contribution in [3.05, 3.63) is 47.5 Å². The minimum Gasteiger partial charge on any atom is -0.493 e. The first kappa shape index (κ1) is 18.3. The van der Waals surface area contributed by atoms with Crippen LogP contribution in [0.25, 0.3) is 0 Å². The number of nitrogens with one attached hydrogen (secondary N) is 2. The molecule has 2 aromatic rings. The van der Waals surface area contributed by atoms with Gasteiger partial charge in [0.05, 0.1) is 26.1 Å². The van der Waals surface area contributed by atoms with E-state index < -0.39 is 5.41 Å². The number of anilines is 2. The van der Waals surface area contributed by atoms with Crippen molar-refractivity contribution in [2.75, 3.05) is 24.9 Å². The summed E-state index contributed by atoms with van der Waals surface area (Å²) < 4.78 is 10.5. The molecule has 2 amide bonds. The van der Waals surface area contributed by atoms with Gasteiger partial charge in [0.25, 0.3) is 0 Å². The highest BCUT2D eigenvalue weighted by Gasteiger charge is 2.48. The summed E-state index contributed by atoms with van der Waals surface area (Å²) >= 11 is 0. The molecule has 1 aliphatic heterocycles. The summed E-state index contributed by atoms with van der Waals surface area (Å²) in [5.74, 6) is 1.20. The normalized spacial score (nSPS) is 16.6. The lowest BCUT2D eigenvalue weighted by molar-refractivity contribution is -0.120. The molecule has 1 spiro atoms. The van der Waals surface area contributed by atoms with Crippen molar-refractivity contribution in [3.63, 3.8) is 0 Å². The molecule has 0 saturated heterocycles. The van der Waals surface area contributed by atoms with Gasteiger partial charge in [0, 0.05) is 11.4 Å². The fraction of sp³-hybridized carbons (Fsp3) is 0.364. The summed E-state index contributed by atoms with van der Waals surface area (Å²) in [6, 6.07) is 11.1. The number of rotatable bonds is 5. The zero-order valence-corrected chi connectivity index (χ0v) is 16.1. The standard InChI is InChI=1S/C22H24N2O4/c1-27-18-8-5-14(11-19(18)28-2)12-20(25)23-15-6-7-17-16(13-15)22(21(26)24-17)9-3-4-10-22/h5-8,11,13H,3-4,9-10,12H2,1-2H3,(H,23,25)(H,24,26). The summed E-state index contributed by atoms with van der Waals surface area (Å²) in [6.07, 6.45) is 4.08. The summed E-state index contributed by atoms with van der Waals surface area (Å²) in [4.78, 5) is 25.1. The average molecular weight is 380 g/mol. The van der Waals surface area contributed by atoms with Gasteiger partial charge in [-0.1, -0.05) is 18.9 Å². The molecule has 6 nitrogen and oxygen atoms in total. The summed E-state index contributed by atoms with van der Waals surface area (Å²) in [7, 11) is 3.15. The Morgan fingerprint density at radius 1 is 1.07 bits per heavy atom. The van der Waals surface area contributed by atoms with E-state index >= 15 is 0 Å². The van der Waals surface area contributed by atoms with Crippen molar-refractivity contribution in [1.29, 1.82) is 0 Å². The molecule has 4 rings (SSSR count). The highest BCUT2D eigenvalue weighted by Crippen LogP contribution is 2.49. The molecule has 0 radical (unpaired) electrons. The summed E-state index contributed by atoms with van der Waals surface area (Å²) in [5, 5.41) is 5.95. The van der Waals surface area contributed by atoms with Crippen molar-refractivity contribution in [2.45, 2.75) is 37.5 Å². The van der Waals surface area contributed by atoms with Gasteiger partial charge in [0.1, 0.15) is 0 Å². The van der Waals surface area contributed by atoms with Crippen molar-refractivity contribution in [2.24, 2.45) is 0 Å². The van der Waals surface area contributed by atoms with Crippen LogP contribution in [-0.2, 0) is 21.4 Å². The van der Waals surface area contributed by atoms with Crippen LogP contribution in [0.5, 0.6) is 11.5 Å². The van der Waals surface area contributed by atoms with E-state index in [1.165, 1.54) is 0 Å². The third kappa shape index (κ3) is 3.09. The third-order valence-electron chi connectivity index (χ3n) is 5.77. The monoisotopic (exact) mass is 380 g/mol. The predicted molar refractivity (Wildman–Crippen MR) is 107 cm³/mol. The molecule has 1 heterocycles. The van der Waals surface area contributed by atoms with Gasteiger partial charge in [-0.05, 0) is 54.3 Å². The Hall–Kier alpha value is -3.02. The summed E-state index contributed by atoms with van der Waals surface area (Å²) in [6.45, 7) is 0. The van der Waals surface area contributed by atoms with Gasteiger partial charge in [0.2, 0.25) is 11.8 Å². The highest BCUT2D eigenvalue weighted by atomic mass is 16.5. The van der Waals surface area contributed by atoms with Gasteiger partial charge < -0.3 is 20.1 Å². The maximum Gasteiger partial charge on any atom is 0.235 e. The number of fused-ring (bicyclic) bond motifs is 2. The number of methoxy groups -OCH3 is 2. The lowest BCUT2D eigenvalue weighted by Crippen LogP contribution is -2.31. The van der Waals surface area contributed by atoms with Crippen LogP contribution in [0.15, 0.2) is 36.4 Å². The molecule has 0 aromatic heterocycles. The van der Waals surface area contributed by atoms with Crippen LogP contribution >= 0.6 is 0 Å². The fourth-order valence-corrected chi connectivity index (χ4v) is 4.35. The largest absolute Gasteiger partial charge is 0.493 e. The number of benzene rings is 2. The van der Waals surface area contributed by atoms with E-state index in [1.54, 1.807) is 26.4 Å². The van der Waals surface area contributed by atoms with E-state index in [1.807, 2.05) is 24.3 Å². The van der Waals surface area contributed by atoms with Crippen LogP contribution in [0, 0.1) is 0 Å². The van der Waals surface area contributed by atoms with Crippen LogP contribution < -0.4 is 20.1 Å². The highest BCUT2D eigenvalue weighted by molar-refractivity contribution is 6.07. The zero-order chi connectivity index (χ0) is 19.7. The van der Waals surface area contributed by atoms with Gasteiger partial charge in [-0.2, -0.15) is 0 Å². The zero-order valence-electron chi connectivity index (χ0n) is 16.1. The SMILES string of the molecule is COc1ccc(CC(=O)Nc2ccc3c(c2)C2(CCCC2)C(=O)N3)cc1OC. The minimum atomic E-state index is -0.417. The van der Waals surface area contributed by atoms with Crippen LogP contribution in [0.3, 0.4) is 0 Å². The van der Waals surface area contributed by atoms with Gasteiger partial charge in [-0.15, -0.1) is 0 Å². The Balaban J connectivity index is 1.50. The number of carbonyl (C=O) groups excluding carboxylic acids is 2. The van der Waals surface area contributed by atoms with E-state index in [9.17, 15) is 9.59 Å². The number of hydrogen-bond donors (Lipinski definition) is 2. The molecule has 2 aromatic carbocycles. The van der Waals surface area contributed by atoms with Crippen LogP contribution in [-0.4, -0.2) is 26.0 Å². The molecule has 28 heavy (non-hydrogen) atoms. The van der Waals surface area contributed by atoms with E-state index in [0.717, 1.165) is 42.5 Å². The summed E-state index contributed by atoms with van der Waals surface area (Å²) in [5.41, 5.74) is 3.01. The number of ether oxygens (including phenoxy) is 2. The Labute approximate surface area is 164 Å². The topological polar surface area (TPSA) is 76.7 Å². The number of amides is 2.